The number of hydrazone groups is 1. The van der Waals surface area contributed by atoms with E-state index < -0.39 is 17.9 Å². The molecule has 2 bridgehead atoms. The molecule has 2 atom stereocenters. The van der Waals surface area contributed by atoms with Crippen molar-refractivity contribution in [3.05, 3.63) is 52.9 Å². The van der Waals surface area contributed by atoms with Gasteiger partial charge in [0.1, 0.15) is 17.9 Å². The maximum Gasteiger partial charge on any atom is 0.148 e. The summed E-state index contributed by atoms with van der Waals surface area (Å²) >= 11 is 0. The molecule has 2 heterocycles. The summed E-state index contributed by atoms with van der Waals surface area (Å²) in [5.74, 6) is -1.20. The summed E-state index contributed by atoms with van der Waals surface area (Å²) in [5.41, 5.74) is 3.23. The van der Waals surface area contributed by atoms with Crippen LogP contribution < -0.4 is 0 Å². The standard InChI is InChI=1S/C22H24F2N4O/c23-16-6-15(7-17(24)8-16)19-4-5-25-28(19)20(29)22-10-21(11-22,12-22)13-27-9-14-2-1-3-18(14)26-27/h5-9,19-20,29H,1-4,10-13H2. The summed E-state index contributed by atoms with van der Waals surface area (Å²) < 4.78 is 29.5. The maximum atomic E-state index is 13.7. The molecular formula is C22H24F2N4O. The van der Waals surface area contributed by atoms with E-state index in [9.17, 15) is 13.9 Å². The Morgan fingerprint density at radius 3 is 2.62 bits per heavy atom. The second kappa shape index (κ2) is 5.88. The van der Waals surface area contributed by atoms with Gasteiger partial charge in [-0.05, 0) is 67.2 Å². The number of aromatic nitrogens is 2. The van der Waals surface area contributed by atoms with Crippen molar-refractivity contribution in [1.82, 2.24) is 14.8 Å². The van der Waals surface area contributed by atoms with Crippen molar-refractivity contribution < 1.29 is 13.9 Å². The van der Waals surface area contributed by atoms with Gasteiger partial charge in [0.05, 0.1) is 11.7 Å². The molecule has 0 radical (unpaired) electrons. The molecule has 29 heavy (non-hydrogen) atoms. The molecule has 0 spiro atoms. The predicted molar refractivity (Wildman–Crippen MR) is 103 cm³/mol. The predicted octanol–water partition coefficient (Wildman–Crippen LogP) is 3.57. The van der Waals surface area contributed by atoms with Crippen LogP contribution >= 0.6 is 0 Å². The Balaban J connectivity index is 1.15. The Morgan fingerprint density at radius 2 is 1.90 bits per heavy atom. The third-order valence-corrected chi connectivity index (χ3v) is 7.39. The van der Waals surface area contributed by atoms with E-state index in [1.807, 2.05) is 0 Å². The number of hydrogen-bond acceptors (Lipinski definition) is 4. The van der Waals surface area contributed by atoms with E-state index in [1.54, 1.807) is 11.2 Å². The monoisotopic (exact) mass is 398 g/mol. The minimum Gasteiger partial charge on any atom is -0.371 e. The normalized spacial score (nSPS) is 32.8. The molecule has 1 N–H and O–H groups in total. The van der Waals surface area contributed by atoms with Crippen LogP contribution in [0.5, 0.6) is 0 Å². The molecule has 3 fully saturated rings. The number of nitrogens with zero attached hydrogens (tertiary/aromatic N) is 4. The van der Waals surface area contributed by atoms with E-state index in [4.69, 9.17) is 5.10 Å². The molecular weight excluding hydrogens is 374 g/mol. The highest BCUT2D eigenvalue weighted by Crippen LogP contribution is 2.75. The van der Waals surface area contributed by atoms with E-state index >= 15 is 0 Å². The van der Waals surface area contributed by atoms with Crippen molar-refractivity contribution >= 4 is 6.21 Å². The summed E-state index contributed by atoms with van der Waals surface area (Å²) in [6.45, 7) is 0.913. The third kappa shape index (κ3) is 2.59. The first-order valence-corrected chi connectivity index (χ1v) is 10.5. The summed E-state index contributed by atoms with van der Waals surface area (Å²) in [6.07, 6.45) is 10.0. The Kier molecular flexibility index (Phi) is 3.56. The zero-order valence-corrected chi connectivity index (χ0v) is 16.2. The molecule has 0 saturated heterocycles. The molecule has 2 aromatic rings. The van der Waals surface area contributed by atoms with Crippen LogP contribution in [0.25, 0.3) is 0 Å². The molecule has 1 aromatic carbocycles. The molecule has 5 aliphatic rings. The first kappa shape index (κ1) is 17.6. The number of benzene rings is 1. The largest absolute Gasteiger partial charge is 0.371 e. The molecule has 4 aliphatic carbocycles. The molecule has 1 aliphatic heterocycles. The summed E-state index contributed by atoms with van der Waals surface area (Å²) in [6, 6.07) is 3.22. The summed E-state index contributed by atoms with van der Waals surface area (Å²) in [5, 5.41) is 21.9. The fourth-order valence-corrected chi connectivity index (χ4v) is 6.32. The number of aryl methyl sites for hydroxylation is 2. The van der Waals surface area contributed by atoms with Crippen molar-refractivity contribution in [3.8, 4) is 0 Å². The minimum atomic E-state index is -0.734. The topological polar surface area (TPSA) is 53.6 Å². The second-order valence-corrected chi connectivity index (χ2v) is 9.55. The number of aliphatic hydroxyl groups excluding tert-OH is 1. The highest BCUT2D eigenvalue weighted by atomic mass is 19.1. The number of aliphatic hydroxyl groups is 1. The van der Waals surface area contributed by atoms with Crippen LogP contribution in [0, 0.1) is 22.5 Å². The number of fused-ring (bicyclic) bond motifs is 1. The number of halogens is 2. The van der Waals surface area contributed by atoms with Crippen molar-refractivity contribution in [2.24, 2.45) is 15.9 Å². The summed E-state index contributed by atoms with van der Waals surface area (Å²) in [4.78, 5) is 0. The van der Waals surface area contributed by atoms with Gasteiger partial charge in [-0.1, -0.05) is 0 Å². The van der Waals surface area contributed by atoms with Gasteiger partial charge >= 0.3 is 0 Å². The highest BCUT2D eigenvalue weighted by molar-refractivity contribution is 5.61. The van der Waals surface area contributed by atoms with E-state index in [0.717, 1.165) is 44.7 Å². The quantitative estimate of drug-likeness (QED) is 0.838. The lowest BCUT2D eigenvalue weighted by molar-refractivity contribution is -0.297. The molecule has 7 rings (SSSR count). The van der Waals surface area contributed by atoms with E-state index in [-0.39, 0.29) is 16.9 Å². The number of hydrogen-bond donors (Lipinski definition) is 1. The van der Waals surface area contributed by atoms with Gasteiger partial charge < -0.3 is 5.11 Å². The average molecular weight is 398 g/mol. The lowest BCUT2D eigenvalue weighted by atomic mass is 9.34. The van der Waals surface area contributed by atoms with Gasteiger partial charge in [0.25, 0.3) is 0 Å². The maximum absolute atomic E-state index is 13.7. The smallest absolute Gasteiger partial charge is 0.148 e. The average Bonchev–Trinajstić information content (AvgIpc) is 3.30. The van der Waals surface area contributed by atoms with E-state index in [0.29, 0.717) is 12.0 Å². The van der Waals surface area contributed by atoms with Crippen molar-refractivity contribution in [2.75, 3.05) is 0 Å². The zero-order chi connectivity index (χ0) is 19.8. The van der Waals surface area contributed by atoms with Crippen LogP contribution in [0.4, 0.5) is 8.78 Å². The van der Waals surface area contributed by atoms with Crippen LogP contribution in [0.15, 0.2) is 29.5 Å². The van der Waals surface area contributed by atoms with Crippen LogP contribution in [-0.2, 0) is 19.4 Å². The Hall–Kier alpha value is -2.28. The van der Waals surface area contributed by atoms with Crippen LogP contribution in [0.3, 0.4) is 0 Å². The second-order valence-electron chi connectivity index (χ2n) is 9.55. The van der Waals surface area contributed by atoms with Crippen molar-refractivity contribution in [3.63, 3.8) is 0 Å². The van der Waals surface area contributed by atoms with Crippen molar-refractivity contribution in [1.29, 1.82) is 0 Å². The van der Waals surface area contributed by atoms with Crippen LogP contribution in [0.2, 0.25) is 0 Å². The number of rotatable bonds is 5. The van der Waals surface area contributed by atoms with Gasteiger partial charge in [-0.2, -0.15) is 10.2 Å². The molecule has 152 valence electrons. The molecule has 5 nitrogen and oxygen atoms in total. The molecule has 0 amide bonds. The molecule has 1 aromatic heterocycles. The van der Waals surface area contributed by atoms with Gasteiger partial charge in [0.15, 0.2) is 0 Å². The SMILES string of the molecule is OC(N1N=CCC1c1cc(F)cc(F)c1)C12CC(Cn3cc4c(n3)CCC4)(C1)C2. The van der Waals surface area contributed by atoms with E-state index in [2.05, 4.69) is 16.0 Å². The fourth-order valence-electron chi connectivity index (χ4n) is 6.32. The van der Waals surface area contributed by atoms with Gasteiger partial charge in [0.2, 0.25) is 0 Å². The van der Waals surface area contributed by atoms with Crippen molar-refractivity contribution in [2.45, 2.75) is 63.8 Å². The minimum absolute atomic E-state index is 0.165. The molecule has 3 saturated carbocycles. The molecule has 2 unspecified atom stereocenters. The van der Waals surface area contributed by atoms with Gasteiger partial charge in [0, 0.05) is 36.9 Å². The molecule has 7 heteroatoms. The lowest BCUT2D eigenvalue weighted by Crippen LogP contribution is -2.70. The van der Waals surface area contributed by atoms with Gasteiger partial charge in [-0.3, -0.25) is 9.69 Å². The zero-order valence-electron chi connectivity index (χ0n) is 16.2. The fraction of sp³-hybridized carbons (Fsp3) is 0.545. The summed E-state index contributed by atoms with van der Waals surface area (Å²) in [7, 11) is 0. The first-order valence-electron chi connectivity index (χ1n) is 10.5. The van der Waals surface area contributed by atoms with Crippen LogP contribution in [0.1, 0.15) is 55.0 Å². The Bertz CT molecular complexity index is 955. The van der Waals surface area contributed by atoms with E-state index in [1.165, 1.54) is 29.8 Å². The first-order chi connectivity index (χ1) is 14.0. The third-order valence-electron chi connectivity index (χ3n) is 7.39. The lowest BCUT2D eigenvalue weighted by Gasteiger charge is -2.72. The highest BCUT2D eigenvalue weighted by Gasteiger charge is 2.71. The van der Waals surface area contributed by atoms with Gasteiger partial charge in [-0.15, -0.1) is 0 Å². The Labute approximate surface area is 168 Å². The van der Waals surface area contributed by atoms with Gasteiger partial charge in [-0.25, -0.2) is 8.78 Å². The van der Waals surface area contributed by atoms with Crippen LogP contribution in [-0.4, -0.2) is 32.3 Å². The Morgan fingerprint density at radius 1 is 1.14 bits per heavy atom.